The minimum absolute atomic E-state index is 0.159. The fraction of sp³-hybridized carbons (Fsp3) is 0.381. The number of aromatic nitrogens is 1. The lowest BCUT2D eigenvalue weighted by Gasteiger charge is -2.42. The molecule has 1 fully saturated rings. The molecule has 172 valence electrons. The number of hydrogen-bond acceptors (Lipinski definition) is 5. The van der Waals surface area contributed by atoms with Crippen LogP contribution in [-0.2, 0) is 14.3 Å². The molecule has 0 saturated carbocycles. The maximum atomic E-state index is 13.4. The second-order valence-electron chi connectivity index (χ2n) is 7.72. The number of amides is 2. The van der Waals surface area contributed by atoms with Gasteiger partial charge in [0.25, 0.3) is 0 Å². The number of carbonyl (C=O) groups is 2. The van der Waals surface area contributed by atoms with E-state index in [4.69, 9.17) is 5.73 Å². The second kappa shape index (κ2) is 9.11. The number of anilines is 2. The third-order valence-corrected chi connectivity index (χ3v) is 5.32. The van der Waals surface area contributed by atoms with E-state index in [1.165, 1.54) is 36.2 Å². The van der Waals surface area contributed by atoms with Crippen LogP contribution in [0.3, 0.4) is 0 Å². The molecule has 0 radical (unpaired) electrons. The topological polar surface area (TPSA) is 97.5 Å². The molecule has 32 heavy (non-hydrogen) atoms. The van der Waals surface area contributed by atoms with Crippen molar-refractivity contribution in [1.29, 1.82) is 0 Å². The Labute approximate surface area is 181 Å². The Morgan fingerprint density at radius 3 is 2.50 bits per heavy atom. The standard InChI is InChI=1S/C21H22F4N4O3/c1-11-7-15(9-27-18(11)26)28-19(30)20(31)29-10-12(2)17(32-21(23,24)25)8-16(29)13-3-5-14(22)6-4-13/h3-7,9,12,16-17H,8,10H2,1-2H3,(H2,26,27)(H,28,30)/t12-,16?,17+/m1/s1. The summed E-state index contributed by atoms with van der Waals surface area (Å²) >= 11 is 0. The average Bonchev–Trinajstić information content (AvgIpc) is 2.71. The van der Waals surface area contributed by atoms with Crippen LogP contribution in [0.1, 0.15) is 30.5 Å². The van der Waals surface area contributed by atoms with E-state index < -0.39 is 42.1 Å². The first-order valence-corrected chi connectivity index (χ1v) is 9.78. The number of likely N-dealkylation sites (tertiary alicyclic amines) is 1. The monoisotopic (exact) mass is 454 g/mol. The average molecular weight is 454 g/mol. The number of ether oxygens (including phenoxy) is 1. The molecule has 2 heterocycles. The van der Waals surface area contributed by atoms with Crippen molar-refractivity contribution >= 4 is 23.3 Å². The van der Waals surface area contributed by atoms with Crippen LogP contribution in [0.2, 0.25) is 0 Å². The zero-order valence-electron chi connectivity index (χ0n) is 17.3. The first-order chi connectivity index (χ1) is 14.9. The highest BCUT2D eigenvalue weighted by Gasteiger charge is 2.44. The first kappa shape index (κ1) is 23.5. The molecule has 0 spiro atoms. The molecule has 3 atom stereocenters. The number of nitrogens with zero attached hydrogens (tertiary/aromatic N) is 2. The quantitative estimate of drug-likeness (QED) is 0.546. The van der Waals surface area contributed by atoms with Crippen LogP contribution in [0.5, 0.6) is 0 Å². The van der Waals surface area contributed by atoms with E-state index in [2.05, 4.69) is 15.0 Å². The Hall–Kier alpha value is -3.21. The SMILES string of the molecule is Cc1cc(NC(=O)C(=O)N2C[C@@H](C)[C@@H](OC(F)(F)F)CC2c2ccc(F)cc2)cnc1N. The molecule has 1 aliphatic heterocycles. The third-order valence-electron chi connectivity index (χ3n) is 5.32. The van der Waals surface area contributed by atoms with Crippen molar-refractivity contribution in [3.05, 3.63) is 53.5 Å². The van der Waals surface area contributed by atoms with Crippen LogP contribution in [0, 0.1) is 18.7 Å². The van der Waals surface area contributed by atoms with Crippen molar-refractivity contribution in [1.82, 2.24) is 9.88 Å². The van der Waals surface area contributed by atoms with Crippen molar-refractivity contribution in [2.45, 2.75) is 38.8 Å². The summed E-state index contributed by atoms with van der Waals surface area (Å²) in [5, 5.41) is 2.43. The summed E-state index contributed by atoms with van der Waals surface area (Å²) < 4.78 is 56.2. The van der Waals surface area contributed by atoms with Gasteiger partial charge in [0.2, 0.25) is 0 Å². The minimum Gasteiger partial charge on any atom is -0.383 e. The van der Waals surface area contributed by atoms with Gasteiger partial charge in [-0.25, -0.2) is 9.37 Å². The molecule has 1 aromatic heterocycles. The minimum atomic E-state index is -4.85. The zero-order valence-corrected chi connectivity index (χ0v) is 17.3. The molecule has 1 saturated heterocycles. The Bertz CT molecular complexity index is 998. The van der Waals surface area contributed by atoms with E-state index >= 15 is 0 Å². The maximum absolute atomic E-state index is 13.4. The van der Waals surface area contributed by atoms with E-state index in [-0.39, 0.29) is 24.5 Å². The summed E-state index contributed by atoms with van der Waals surface area (Å²) in [6, 6.07) is 5.63. The molecule has 11 heteroatoms. The van der Waals surface area contributed by atoms with E-state index in [1.807, 2.05) is 0 Å². The summed E-state index contributed by atoms with van der Waals surface area (Å²) in [6.45, 7) is 3.02. The molecular weight excluding hydrogens is 432 g/mol. The lowest BCUT2D eigenvalue weighted by molar-refractivity contribution is -0.352. The molecule has 1 unspecified atom stereocenters. The van der Waals surface area contributed by atoms with Crippen molar-refractivity contribution in [3.63, 3.8) is 0 Å². The van der Waals surface area contributed by atoms with Gasteiger partial charge in [0, 0.05) is 12.5 Å². The number of nitrogens with two attached hydrogens (primary N) is 1. The number of rotatable bonds is 3. The largest absolute Gasteiger partial charge is 0.522 e. The fourth-order valence-electron chi connectivity index (χ4n) is 3.66. The molecule has 0 aliphatic carbocycles. The number of nitrogens with one attached hydrogen (secondary N) is 1. The lowest BCUT2D eigenvalue weighted by atomic mass is 9.87. The molecular formula is C21H22F4N4O3. The maximum Gasteiger partial charge on any atom is 0.522 e. The van der Waals surface area contributed by atoms with Gasteiger partial charge in [0.05, 0.1) is 24.0 Å². The number of carbonyl (C=O) groups excluding carboxylic acids is 2. The Kier molecular flexibility index (Phi) is 6.68. The second-order valence-corrected chi connectivity index (χ2v) is 7.72. The van der Waals surface area contributed by atoms with E-state index in [9.17, 15) is 27.2 Å². The lowest BCUT2D eigenvalue weighted by Crippen LogP contribution is -2.51. The fourth-order valence-corrected chi connectivity index (χ4v) is 3.66. The van der Waals surface area contributed by atoms with Gasteiger partial charge in [-0.05, 0) is 42.7 Å². The van der Waals surface area contributed by atoms with Gasteiger partial charge < -0.3 is 16.0 Å². The summed E-state index contributed by atoms with van der Waals surface area (Å²) in [5.74, 6) is -2.89. The molecule has 0 bridgehead atoms. The highest BCUT2D eigenvalue weighted by Crippen LogP contribution is 2.37. The van der Waals surface area contributed by atoms with Crippen LogP contribution in [0.4, 0.5) is 29.1 Å². The number of halogens is 4. The van der Waals surface area contributed by atoms with E-state index in [0.29, 0.717) is 11.1 Å². The van der Waals surface area contributed by atoms with Crippen LogP contribution < -0.4 is 11.1 Å². The van der Waals surface area contributed by atoms with Gasteiger partial charge in [-0.2, -0.15) is 0 Å². The molecule has 2 aromatic rings. The molecule has 1 aliphatic rings. The number of hydrogen-bond donors (Lipinski definition) is 2. The predicted octanol–water partition coefficient (Wildman–Crippen LogP) is 3.56. The molecule has 3 rings (SSSR count). The summed E-state index contributed by atoms with van der Waals surface area (Å²) in [6.07, 6.45) is -5.01. The Morgan fingerprint density at radius 1 is 1.25 bits per heavy atom. The number of alkyl halides is 3. The van der Waals surface area contributed by atoms with Crippen molar-refractivity contribution in [2.24, 2.45) is 5.92 Å². The number of pyridine rings is 1. The van der Waals surface area contributed by atoms with E-state index in [0.717, 1.165) is 12.1 Å². The zero-order chi connectivity index (χ0) is 23.6. The van der Waals surface area contributed by atoms with Crippen molar-refractivity contribution in [3.8, 4) is 0 Å². The molecule has 3 N–H and O–H groups in total. The van der Waals surface area contributed by atoms with Gasteiger partial charge in [-0.15, -0.1) is 13.2 Å². The van der Waals surface area contributed by atoms with Crippen molar-refractivity contribution < 1.29 is 31.9 Å². The molecule has 7 nitrogen and oxygen atoms in total. The number of benzene rings is 1. The highest BCUT2D eigenvalue weighted by atomic mass is 19.4. The van der Waals surface area contributed by atoms with Crippen LogP contribution >= 0.6 is 0 Å². The summed E-state index contributed by atoms with van der Waals surface area (Å²) in [4.78, 5) is 30.7. The Balaban J connectivity index is 1.85. The van der Waals surface area contributed by atoms with Crippen molar-refractivity contribution in [2.75, 3.05) is 17.6 Å². The number of aryl methyl sites for hydroxylation is 1. The van der Waals surface area contributed by atoms with Gasteiger partial charge in [0.1, 0.15) is 11.6 Å². The normalized spacial score (nSPS) is 21.3. The predicted molar refractivity (Wildman–Crippen MR) is 108 cm³/mol. The number of piperidine rings is 1. The third kappa shape index (κ3) is 5.52. The van der Waals surface area contributed by atoms with Gasteiger partial charge in [-0.1, -0.05) is 19.1 Å². The van der Waals surface area contributed by atoms with Crippen LogP contribution in [0.25, 0.3) is 0 Å². The van der Waals surface area contributed by atoms with Gasteiger partial charge in [0.15, 0.2) is 0 Å². The van der Waals surface area contributed by atoms with Crippen LogP contribution in [0.15, 0.2) is 36.5 Å². The highest BCUT2D eigenvalue weighted by molar-refractivity contribution is 6.39. The van der Waals surface area contributed by atoms with Crippen LogP contribution in [-0.4, -0.2) is 40.7 Å². The molecule has 1 aromatic carbocycles. The van der Waals surface area contributed by atoms with E-state index in [1.54, 1.807) is 6.92 Å². The molecule has 2 amide bonds. The number of nitrogen functional groups attached to an aromatic ring is 1. The van der Waals surface area contributed by atoms with Gasteiger partial charge in [-0.3, -0.25) is 14.3 Å². The summed E-state index contributed by atoms with van der Waals surface area (Å²) in [5.41, 5.74) is 6.88. The first-order valence-electron chi connectivity index (χ1n) is 9.78. The smallest absolute Gasteiger partial charge is 0.383 e. The summed E-state index contributed by atoms with van der Waals surface area (Å²) in [7, 11) is 0. The Morgan fingerprint density at radius 2 is 1.91 bits per heavy atom. The van der Waals surface area contributed by atoms with Gasteiger partial charge >= 0.3 is 18.2 Å².